The van der Waals surface area contributed by atoms with Crippen LogP contribution in [-0.4, -0.2) is 62.0 Å². The molecule has 37 heavy (non-hydrogen) atoms. The second-order valence-corrected chi connectivity index (χ2v) is 8.84. The number of carbonyl (C=O) groups is 3. The van der Waals surface area contributed by atoms with Crippen LogP contribution in [0.2, 0.25) is 0 Å². The van der Waals surface area contributed by atoms with Gasteiger partial charge in [0.15, 0.2) is 0 Å². The Labute approximate surface area is 215 Å². The molecule has 0 fully saturated rings. The molecule has 1 aromatic heterocycles. The van der Waals surface area contributed by atoms with Crippen LogP contribution in [0.5, 0.6) is 0 Å². The lowest BCUT2D eigenvalue weighted by molar-refractivity contribution is -0.116. The van der Waals surface area contributed by atoms with Gasteiger partial charge in [-0.15, -0.1) is 0 Å². The molecular formula is C28H29N5O4. The van der Waals surface area contributed by atoms with Gasteiger partial charge in [0.2, 0.25) is 5.91 Å². The molecule has 0 saturated carbocycles. The first-order chi connectivity index (χ1) is 17.8. The molecule has 0 atom stereocenters. The third kappa shape index (κ3) is 5.68. The standard InChI is InChI=1S/C28H29N5O4/c1-18(34)33(15-14-32(2)3)22-10-8-21(9-11-22)30-26(20-6-5-13-29-17-20)25-23-12-7-19(28(36)37-4)16-24(23)31-27(25)35/h5-13,16-17,30H,14-15H2,1-4H3,(H,31,35)/b26-25-. The van der Waals surface area contributed by atoms with Crippen molar-refractivity contribution < 1.29 is 19.1 Å². The monoisotopic (exact) mass is 499 g/mol. The van der Waals surface area contributed by atoms with E-state index < -0.39 is 5.97 Å². The van der Waals surface area contributed by atoms with Crippen molar-refractivity contribution in [3.8, 4) is 0 Å². The first kappa shape index (κ1) is 25.6. The first-order valence-corrected chi connectivity index (χ1v) is 11.8. The molecule has 0 aliphatic carbocycles. The van der Waals surface area contributed by atoms with Crippen LogP contribution in [0.4, 0.5) is 17.1 Å². The number of rotatable bonds is 8. The van der Waals surface area contributed by atoms with E-state index in [1.165, 1.54) is 7.11 Å². The number of benzene rings is 2. The molecule has 2 amide bonds. The minimum absolute atomic E-state index is 0.0358. The number of hydrogen-bond donors (Lipinski definition) is 2. The van der Waals surface area contributed by atoms with Crippen molar-refractivity contribution in [3.05, 3.63) is 83.7 Å². The molecule has 0 radical (unpaired) electrons. The number of carbonyl (C=O) groups excluding carboxylic acids is 3. The summed E-state index contributed by atoms with van der Waals surface area (Å²) in [6.07, 6.45) is 3.34. The fourth-order valence-corrected chi connectivity index (χ4v) is 4.09. The minimum atomic E-state index is -0.481. The largest absolute Gasteiger partial charge is 0.465 e. The highest BCUT2D eigenvalue weighted by Crippen LogP contribution is 2.38. The smallest absolute Gasteiger partial charge is 0.337 e. The van der Waals surface area contributed by atoms with Crippen LogP contribution in [0.15, 0.2) is 67.0 Å². The Balaban J connectivity index is 1.72. The van der Waals surface area contributed by atoms with E-state index in [0.29, 0.717) is 34.6 Å². The average molecular weight is 500 g/mol. The van der Waals surface area contributed by atoms with Gasteiger partial charge >= 0.3 is 5.97 Å². The number of nitrogens with zero attached hydrogens (tertiary/aromatic N) is 3. The molecule has 9 heteroatoms. The van der Waals surface area contributed by atoms with Crippen LogP contribution in [0, 0.1) is 0 Å². The van der Waals surface area contributed by atoms with Gasteiger partial charge in [0, 0.05) is 54.9 Å². The quantitative estimate of drug-likeness (QED) is 0.360. The second-order valence-electron chi connectivity index (χ2n) is 8.84. The SMILES string of the molecule is COC(=O)c1ccc2c(c1)NC(=O)/C2=C(\Nc1ccc(N(CCN(C)C)C(C)=O)cc1)c1cccnc1. The topological polar surface area (TPSA) is 104 Å². The van der Waals surface area contributed by atoms with Crippen LogP contribution in [0.3, 0.4) is 0 Å². The van der Waals surface area contributed by atoms with Crippen LogP contribution < -0.4 is 15.5 Å². The molecule has 190 valence electrons. The summed E-state index contributed by atoms with van der Waals surface area (Å²) in [7, 11) is 5.24. The highest BCUT2D eigenvalue weighted by atomic mass is 16.5. The van der Waals surface area contributed by atoms with E-state index in [2.05, 4.69) is 15.6 Å². The van der Waals surface area contributed by atoms with E-state index >= 15 is 0 Å². The Morgan fingerprint density at radius 1 is 1.03 bits per heavy atom. The van der Waals surface area contributed by atoms with Gasteiger partial charge in [-0.1, -0.05) is 6.07 Å². The number of methoxy groups -OCH3 is 1. The Kier molecular flexibility index (Phi) is 7.64. The summed E-state index contributed by atoms with van der Waals surface area (Å²) in [5.41, 5.74) is 4.77. The van der Waals surface area contributed by atoms with E-state index in [0.717, 1.165) is 23.5 Å². The predicted octanol–water partition coefficient (Wildman–Crippen LogP) is 3.72. The Hall–Kier alpha value is -4.50. The zero-order valence-electron chi connectivity index (χ0n) is 21.2. The summed E-state index contributed by atoms with van der Waals surface area (Å²) < 4.78 is 4.80. The van der Waals surface area contributed by atoms with E-state index in [1.807, 2.05) is 49.3 Å². The van der Waals surface area contributed by atoms with Crippen LogP contribution in [-0.2, 0) is 14.3 Å². The zero-order valence-corrected chi connectivity index (χ0v) is 21.2. The molecule has 1 aliphatic rings. The maximum absolute atomic E-state index is 13.1. The van der Waals surface area contributed by atoms with Crippen molar-refractivity contribution in [2.24, 2.45) is 0 Å². The fraction of sp³-hybridized carbons (Fsp3) is 0.214. The number of hydrogen-bond acceptors (Lipinski definition) is 7. The maximum Gasteiger partial charge on any atom is 0.337 e. The van der Waals surface area contributed by atoms with Gasteiger partial charge in [0.25, 0.3) is 5.91 Å². The lowest BCUT2D eigenvalue weighted by Crippen LogP contribution is -2.35. The summed E-state index contributed by atoms with van der Waals surface area (Å²) in [5, 5.41) is 6.23. The van der Waals surface area contributed by atoms with Gasteiger partial charge < -0.3 is 25.2 Å². The molecule has 0 bridgehead atoms. The number of likely N-dealkylation sites (N-methyl/N-ethyl adjacent to an activating group) is 1. The molecule has 9 nitrogen and oxygen atoms in total. The normalized spacial score (nSPS) is 13.6. The van der Waals surface area contributed by atoms with E-state index in [-0.39, 0.29) is 11.8 Å². The Bertz CT molecular complexity index is 1350. The summed E-state index contributed by atoms with van der Waals surface area (Å²) >= 11 is 0. The van der Waals surface area contributed by atoms with Crippen molar-refractivity contribution in [3.63, 3.8) is 0 Å². The van der Waals surface area contributed by atoms with Gasteiger partial charge in [-0.25, -0.2) is 4.79 Å². The molecule has 1 aliphatic heterocycles. The third-order valence-electron chi connectivity index (χ3n) is 5.98. The molecule has 2 N–H and O–H groups in total. The first-order valence-electron chi connectivity index (χ1n) is 11.8. The van der Waals surface area contributed by atoms with Gasteiger partial charge in [0.1, 0.15) is 0 Å². The zero-order chi connectivity index (χ0) is 26.5. The lowest BCUT2D eigenvalue weighted by atomic mass is 9.99. The molecule has 3 aromatic rings. The number of aromatic nitrogens is 1. The maximum atomic E-state index is 13.1. The Morgan fingerprint density at radius 3 is 2.41 bits per heavy atom. The molecule has 0 saturated heterocycles. The highest BCUT2D eigenvalue weighted by molar-refractivity contribution is 6.37. The number of esters is 1. The summed E-state index contributed by atoms with van der Waals surface area (Å²) in [6.45, 7) is 2.86. The number of fused-ring (bicyclic) bond motifs is 1. The van der Waals surface area contributed by atoms with Crippen molar-refractivity contribution in [2.75, 3.05) is 49.8 Å². The van der Waals surface area contributed by atoms with Gasteiger partial charge in [0.05, 0.1) is 29.6 Å². The number of pyridine rings is 1. The van der Waals surface area contributed by atoms with Crippen molar-refractivity contribution in [1.29, 1.82) is 0 Å². The molecule has 4 rings (SSSR count). The summed E-state index contributed by atoms with van der Waals surface area (Å²) in [5.74, 6) is -0.817. The fourth-order valence-electron chi connectivity index (χ4n) is 4.09. The number of ether oxygens (including phenoxy) is 1. The van der Waals surface area contributed by atoms with E-state index in [4.69, 9.17) is 4.74 Å². The lowest BCUT2D eigenvalue weighted by Gasteiger charge is -2.23. The van der Waals surface area contributed by atoms with Gasteiger partial charge in [-0.05, 0) is 62.6 Å². The Morgan fingerprint density at radius 2 is 1.78 bits per heavy atom. The number of anilines is 3. The van der Waals surface area contributed by atoms with Gasteiger partial charge in [-0.3, -0.25) is 14.6 Å². The van der Waals surface area contributed by atoms with Crippen molar-refractivity contribution >= 4 is 46.1 Å². The highest BCUT2D eigenvalue weighted by Gasteiger charge is 2.29. The van der Waals surface area contributed by atoms with Crippen molar-refractivity contribution in [2.45, 2.75) is 6.92 Å². The molecular weight excluding hydrogens is 470 g/mol. The number of amides is 2. The van der Waals surface area contributed by atoms with E-state index in [1.54, 1.807) is 48.5 Å². The average Bonchev–Trinajstić information content (AvgIpc) is 3.22. The molecule has 0 spiro atoms. The van der Waals surface area contributed by atoms with Gasteiger partial charge in [-0.2, -0.15) is 0 Å². The molecule has 2 heterocycles. The third-order valence-corrected chi connectivity index (χ3v) is 5.98. The minimum Gasteiger partial charge on any atom is -0.465 e. The van der Waals surface area contributed by atoms with Crippen LogP contribution >= 0.6 is 0 Å². The summed E-state index contributed by atoms with van der Waals surface area (Å²) in [6, 6.07) is 16.1. The molecule has 0 unspecified atom stereocenters. The molecule has 2 aromatic carbocycles. The summed E-state index contributed by atoms with van der Waals surface area (Å²) in [4.78, 5) is 45.3. The second kappa shape index (κ2) is 11.0. The number of nitrogens with one attached hydrogen (secondary N) is 2. The van der Waals surface area contributed by atoms with Crippen LogP contribution in [0.25, 0.3) is 11.3 Å². The van der Waals surface area contributed by atoms with Crippen LogP contribution in [0.1, 0.15) is 28.4 Å². The predicted molar refractivity (Wildman–Crippen MR) is 144 cm³/mol. The van der Waals surface area contributed by atoms with E-state index in [9.17, 15) is 14.4 Å². The van der Waals surface area contributed by atoms with Crippen molar-refractivity contribution in [1.82, 2.24) is 9.88 Å².